The second-order valence-electron chi connectivity index (χ2n) is 31.0. The number of nitrogens with zero attached hydrogens (tertiary/aromatic N) is 5. The lowest BCUT2D eigenvalue weighted by Crippen LogP contribution is -2.17. The van der Waals surface area contributed by atoms with Gasteiger partial charge in [0.2, 0.25) is 0 Å². The summed E-state index contributed by atoms with van der Waals surface area (Å²) in [5, 5.41) is 4.88. The summed E-state index contributed by atoms with van der Waals surface area (Å²) < 4.78 is 5.02. The van der Waals surface area contributed by atoms with Gasteiger partial charge in [-0.25, -0.2) is 15.0 Å². The molecule has 90 heavy (non-hydrogen) atoms. The van der Waals surface area contributed by atoms with Crippen molar-refractivity contribution in [3.05, 3.63) is 245 Å². The summed E-state index contributed by atoms with van der Waals surface area (Å²) >= 11 is 0. The van der Waals surface area contributed by atoms with Gasteiger partial charge in [-0.1, -0.05) is 232 Å². The molecule has 0 amide bonds. The van der Waals surface area contributed by atoms with Crippen LogP contribution < -0.4 is 0 Å². The highest BCUT2D eigenvalue weighted by Gasteiger charge is 2.38. The van der Waals surface area contributed by atoms with Gasteiger partial charge in [0, 0.05) is 54.6 Å². The average Bonchev–Trinajstić information content (AvgIpc) is 1.54. The molecule has 0 N–H and O–H groups in total. The SMILES string of the molecule is CC(C)(C)c1cc(-c2nc(-c3cc(C(C)(C)C)cc(C(C)(C)C)c3)nc(-c3cc(-c4ccccc4-n4c5ccccc5c5cc6c(cc54)C(C)(C)c4ccccc4-6)ccc3-n3c4ccccc4c4cc5c(cc43)C(C)(C)c3ccccc3-5)n2)cc(C(C)(C)C)c1. The minimum absolute atomic E-state index is 0.142. The molecule has 15 rings (SSSR count). The molecule has 0 fully saturated rings. The lowest BCUT2D eigenvalue weighted by Gasteiger charge is -2.26. The van der Waals surface area contributed by atoms with Crippen LogP contribution >= 0.6 is 0 Å². The van der Waals surface area contributed by atoms with Gasteiger partial charge < -0.3 is 9.13 Å². The van der Waals surface area contributed by atoms with Crippen LogP contribution in [0.1, 0.15) is 155 Å². The van der Waals surface area contributed by atoms with E-state index in [2.05, 4.69) is 320 Å². The largest absolute Gasteiger partial charge is 0.309 e. The lowest BCUT2D eigenvalue weighted by molar-refractivity contribution is 0.568. The molecular formula is C85H81N5. The van der Waals surface area contributed by atoms with E-state index in [9.17, 15) is 0 Å². The van der Waals surface area contributed by atoms with Crippen molar-refractivity contribution < 1.29 is 0 Å². The zero-order valence-electron chi connectivity index (χ0n) is 55.3. The molecule has 3 heterocycles. The first kappa shape index (κ1) is 57.3. The zero-order chi connectivity index (χ0) is 62.9. The number of rotatable bonds is 6. The third kappa shape index (κ3) is 8.96. The van der Waals surface area contributed by atoms with Crippen LogP contribution in [-0.2, 0) is 32.5 Å². The van der Waals surface area contributed by atoms with Crippen molar-refractivity contribution in [2.75, 3.05) is 0 Å². The third-order valence-corrected chi connectivity index (χ3v) is 20.2. The van der Waals surface area contributed by atoms with Gasteiger partial charge in [0.1, 0.15) is 0 Å². The van der Waals surface area contributed by atoms with Crippen LogP contribution in [-0.4, -0.2) is 24.1 Å². The van der Waals surface area contributed by atoms with E-state index in [1.54, 1.807) is 0 Å². The van der Waals surface area contributed by atoms with Crippen LogP contribution in [0, 0.1) is 0 Å². The maximum absolute atomic E-state index is 5.84. The Morgan fingerprint density at radius 2 is 0.633 bits per heavy atom. The number of aromatic nitrogens is 5. The van der Waals surface area contributed by atoms with Crippen molar-refractivity contribution >= 4 is 43.6 Å². The van der Waals surface area contributed by atoms with Gasteiger partial charge >= 0.3 is 0 Å². The highest BCUT2D eigenvalue weighted by molar-refractivity contribution is 6.14. The zero-order valence-corrected chi connectivity index (χ0v) is 55.3. The van der Waals surface area contributed by atoms with Gasteiger partial charge in [-0.2, -0.15) is 0 Å². The summed E-state index contributed by atoms with van der Waals surface area (Å²) in [7, 11) is 0. The Labute approximate surface area is 531 Å². The first-order valence-electron chi connectivity index (χ1n) is 32.3. The van der Waals surface area contributed by atoms with Crippen molar-refractivity contribution in [2.24, 2.45) is 0 Å². The molecule has 0 unspecified atom stereocenters. The fourth-order valence-electron chi connectivity index (χ4n) is 14.8. The molecule has 5 heteroatoms. The number of hydrogen-bond donors (Lipinski definition) is 0. The van der Waals surface area contributed by atoms with Gasteiger partial charge in [-0.05, 0) is 173 Å². The van der Waals surface area contributed by atoms with Gasteiger partial charge in [-0.15, -0.1) is 0 Å². The quantitative estimate of drug-likeness (QED) is 0.167. The van der Waals surface area contributed by atoms with E-state index in [0.29, 0.717) is 17.5 Å². The Morgan fingerprint density at radius 3 is 1.07 bits per heavy atom. The Hall–Kier alpha value is -9.19. The molecule has 10 aromatic carbocycles. The van der Waals surface area contributed by atoms with Crippen LogP contribution in [0.2, 0.25) is 0 Å². The van der Waals surface area contributed by atoms with E-state index in [1.165, 1.54) is 99.3 Å². The Balaban J connectivity index is 1.05. The summed E-state index contributed by atoms with van der Waals surface area (Å²) in [6.45, 7) is 37.2. The second-order valence-corrected chi connectivity index (χ2v) is 31.0. The topological polar surface area (TPSA) is 48.5 Å². The first-order valence-corrected chi connectivity index (χ1v) is 32.3. The minimum Gasteiger partial charge on any atom is -0.309 e. The molecule has 446 valence electrons. The molecule has 2 aliphatic carbocycles. The highest BCUT2D eigenvalue weighted by atomic mass is 15.1. The van der Waals surface area contributed by atoms with Crippen molar-refractivity contribution in [3.63, 3.8) is 0 Å². The summed E-state index contributed by atoms with van der Waals surface area (Å²) in [5.41, 5.74) is 26.4. The normalized spacial score (nSPS) is 14.4. The predicted molar refractivity (Wildman–Crippen MR) is 380 cm³/mol. The Morgan fingerprint density at radius 1 is 0.267 bits per heavy atom. The van der Waals surface area contributed by atoms with E-state index in [-0.39, 0.29) is 32.5 Å². The molecule has 2 aliphatic rings. The van der Waals surface area contributed by atoms with Crippen LogP contribution in [0.5, 0.6) is 0 Å². The molecule has 0 spiro atoms. The van der Waals surface area contributed by atoms with Gasteiger partial charge in [0.25, 0.3) is 0 Å². The lowest BCUT2D eigenvalue weighted by atomic mass is 9.79. The monoisotopic (exact) mass is 1170 g/mol. The van der Waals surface area contributed by atoms with Crippen LogP contribution in [0.25, 0.3) is 123 Å². The summed E-state index contributed by atoms with van der Waals surface area (Å²) in [5.74, 6) is 1.89. The van der Waals surface area contributed by atoms with E-state index >= 15 is 0 Å². The first-order chi connectivity index (χ1) is 42.6. The van der Waals surface area contributed by atoms with E-state index in [0.717, 1.165) is 50.2 Å². The van der Waals surface area contributed by atoms with E-state index < -0.39 is 0 Å². The summed E-state index contributed by atoms with van der Waals surface area (Å²) in [4.78, 5) is 17.3. The fourth-order valence-corrected chi connectivity index (χ4v) is 14.8. The predicted octanol–water partition coefficient (Wildman–Crippen LogP) is 22.5. The van der Waals surface area contributed by atoms with Gasteiger partial charge in [0.05, 0.1) is 33.4 Å². The fraction of sp³-hybridized carbons (Fsp3) is 0.259. The number of hydrogen-bond acceptors (Lipinski definition) is 3. The maximum atomic E-state index is 5.84. The summed E-state index contributed by atoms with van der Waals surface area (Å²) in [6, 6.07) is 75.9. The Bertz CT molecular complexity index is 5000. The number of para-hydroxylation sites is 3. The van der Waals surface area contributed by atoms with Gasteiger partial charge in [0.15, 0.2) is 17.5 Å². The number of fused-ring (bicyclic) bond motifs is 12. The van der Waals surface area contributed by atoms with Gasteiger partial charge in [-0.3, -0.25) is 0 Å². The van der Waals surface area contributed by atoms with Crippen LogP contribution in [0.3, 0.4) is 0 Å². The van der Waals surface area contributed by atoms with E-state index in [4.69, 9.17) is 15.0 Å². The highest BCUT2D eigenvalue weighted by Crippen LogP contribution is 2.54. The minimum atomic E-state index is -0.219. The number of benzene rings is 10. The summed E-state index contributed by atoms with van der Waals surface area (Å²) in [6.07, 6.45) is 0. The molecule has 0 radical (unpaired) electrons. The molecular weight excluding hydrogens is 1090 g/mol. The molecule has 5 nitrogen and oxygen atoms in total. The smallest absolute Gasteiger partial charge is 0.166 e. The average molecular weight is 1170 g/mol. The molecule has 0 bridgehead atoms. The van der Waals surface area contributed by atoms with Crippen LogP contribution in [0.15, 0.2) is 200 Å². The van der Waals surface area contributed by atoms with Crippen molar-refractivity contribution in [1.82, 2.24) is 24.1 Å². The molecule has 0 atom stereocenters. The third-order valence-electron chi connectivity index (χ3n) is 20.2. The second kappa shape index (κ2) is 19.7. The Kier molecular flexibility index (Phi) is 12.5. The van der Waals surface area contributed by atoms with Crippen molar-refractivity contribution in [1.29, 1.82) is 0 Å². The molecule has 0 saturated heterocycles. The van der Waals surface area contributed by atoms with E-state index in [1.807, 2.05) is 0 Å². The molecule has 0 saturated carbocycles. The molecule has 13 aromatic rings. The molecule has 0 aliphatic heterocycles. The van der Waals surface area contributed by atoms with Crippen LogP contribution in [0.4, 0.5) is 0 Å². The van der Waals surface area contributed by atoms with Crippen molar-refractivity contribution in [3.8, 4) is 78.9 Å². The standard InChI is InChI=1S/C85H81N5/c1-80(2,3)53-39-51(40-54(44-53)81(4,5)6)77-86-78(52-41-55(82(7,8)9)45-56(42-52)83(10,11)12)88-79(87-77)66-43-50(37-38-74(66)90-73-36-26-21-31-61(73)65-47-63-59-29-18-23-33-68(59)85(15,16)70(63)49-76(65)90)57-27-19-24-34-71(57)89-72-35-25-20-30-60(72)64-46-62-58-28-17-22-32-67(58)84(13,14)69(62)48-75(64)89/h17-49H,1-16H3. The maximum Gasteiger partial charge on any atom is 0.166 e. The van der Waals surface area contributed by atoms with Crippen molar-refractivity contribution in [2.45, 2.75) is 143 Å². The molecule has 3 aromatic heterocycles.